The molecule has 106 valence electrons. The van der Waals surface area contributed by atoms with Crippen LogP contribution in [0.3, 0.4) is 0 Å². The van der Waals surface area contributed by atoms with Gasteiger partial charge >= 0.3 is 0 Å². The molecule has 0 unspecified atom stereocenters. The Labute approximate surface area is 113 Å². The second kappa shape index (κ2) is 8.34. The number of rotatable bonds is 9. The van der Waals surface area contributed by atoms with Crippen LogP contribution in [0.5, 0.6) is 0 Å². The normalized spacial score (nSPS) is 12.2. The number of Topliss-reactive ketones (excluding diaryl/α,β-unsaturated/α-hetero) is 2. The first-order valence-corrected chi connectivity index (χ1v) is 6.21. The average Bonchev–Trinajstić information content (AvgIpc) is 2.29. The summed E-state index contributed by atoms with van der Waals surface area (Å²) in [5.74, 6) is 0.0563. The summed E-state index contributed by atoms with van der Waals surface area (Å²) in [6.45, 7) is 4.51. The summed E-state index contributed by atoms with van der Waals surface area (Å²) >= 11 is 0. The molecule has 0 aromatic rings. The van der Waals surface area contributed by atoms with Crippen LogP contribution >= 0.6 is 0 Å². The molecule has 0 aromatic carbocycles. The van der Waals surface area contributed by atoms with Crippen molar-refractivity contribution in [3.05, 3.63) is 34.4 Å². The number of nitro groups is 1. The van der Waals surface area contributed by atoms with Gasteiger partial charge in [-0.15, -0.1) is 0 Å². The van der Waals surface area contributed by atoms with E-state index in [4.69, 9.17) is 0 Å². The molecule has 0 atom stereocenters. The first kappa shape index (κ1) is 17.2. The Bertz CT molecular complexity index is 368. The third-order valence-electron chi connectivity index (χ3n) is 2.70. The Morgan fingerprint density at radius 1 is 1.00 bits per heavy atom. The van der Waals surface area contributed by atoms with Crippen LogP contribution < -0.4 is 0 Å². The molecule has 5 heteroatoms. The number of carbonyl (C=O) groups excluding carboxylic acids is 2. The molecule has 0 rings (SSSR count). The number of carbonyl (C=O) groups is 2. The number of hydrogen-bond acceptors (Lipinski definition) is 4. The van der Waals surface area contributed by atoms with Crippen LogP contribution in [-0.4, -0.2) is 22.0 Å². The van der Waals surface area contributed by atoms with E-state index in [-0.39, 0.29) is 29.3 Å². The zero-order valence-corrected chi connectivity index (χ0v) is 11.7. The third-order valence-corrected chi connectivity index (χ3v) is 2.70. The van der Waals surface area contributed by atoms with Gasteiger partial charge in [-0.25, -0.2) is 0 Å². The maximum atomic E-state index is 11.1. The lowest BCUT2D eigenvalue weighted by atomic mass is 9.93. The van der Waals surface area contributed by atoms with Crippen LogP contribution in [0.25, 0.3) is 0 Å². The SMILES string of the molecule is CC(=O)C/C=C/CC(C)(C/C=C/CC(C)=O)[N+](=O)[O-]. The summed E-state index contributed by atoms with van der Waals surface area (Å²) in [7, 11) is 0. The second-order valence-corrected chi connectivity index (χ2v) is 4.92. The van der Waals surface area contributed by atoms with E-state index in [1.807, 2.05) is 0 Å². The van der Waals surface area contributed by atoms with E-state index in [9.17, 15) is 19.7 Å². The van der Waals surface area contributed by atoms with Gasteiger partial charge in [0.1, 0.15) is 11.6 Å². The van der Waals surface area contributed by atoms with Crippen molar-refractivity contribution in [1.82, 2.24) is 0 Å². The minimum Gasteiger partial charge on any atom is -0.300 e. The Hall–Kier alpha value is -1.78. The van der Waals surface area contributed by atoms with Crippen molar-refractivity contribution in [2.45, 2.75) is 52.0 Å². The van der Waals surface area contributed by atoms with Gasteiger partial charge in [-0.05, 0) is 13.8 Å². The van der Waals surface area contributed by atoms with Crippen LogP contribution in [0.4, 0.5) is 0 Å². The first-order chi connectivity index (χ1) is 8.78. The van der Waals surface area contributed by atoms with Crippen LogP contribution in [0.2, 0.25) is 0 Å². The summed E-state index contributed by atoms with van der Waals surface area (Å²) in [5.41, 5.74) is -1.10. The molecule has 0 radical (unpaired) electrons. The number of nitrogens with zero attached hydrogens (tertiary/aromatic N) is 1. The van der Waals surface area contributed by atoms with Crippen molar-refractivity contribution in [2.75, 3.05) is 0 Å². The summed E-state index contributed by atoms with van der Waals surface area (Å²) in [5, 5.41) is 11.1. The molecule has 0 saturated carbocycles. The van der Waals surface area contributed by atoms with Crippen LogP contribution in [0.15, 0.2) is 24.3 Å². The summed E-state index contributed by atoms with van der Waals surface area (Å²) in [6.07, 6.45) is 7.77. The average molecular weight is 267 g/mol. The Morgan fingerprint density at radius 3 is 1.63 bits per heavy atom. The molecular formula is C14H21NO4. The van der Waals surface area contributed by atoms with Gasteiger partial charge < -0.3 is 0 Å². The molecule has 0 heterocycles. The van der Waals surface area contributed by atoms with Crippen molar-refractivity contribution in [1.29, 1.82) is 0 Å². The molecule has 0 aromatic heterocycles. The molecule has 0 aliphatic carbocycles. The highest BCUT2D eigenvalue weighted by Crippen LogP contribution is 2.20. The fourth-order valence-corrected chi connectivity index (χ4v) is 1.41. The minimum atomic E-state index is -1.10. The molecule has 0 aliphatic heterocycles. The Morgan fingerprint density at radius 2 is 1.37 bits per heavy atom. The summed E-state index contributed by atoms with van der Waals surface area (Å²) < 4.78 is 0. The van der Waals surface area contributed by atoms with E-state index >= 15 is 0 Å². The Kier molecular flexibility index (Phi) is 7.56. The van der Waals surface area contributed by atoms with Gasteiger partial charge in [0.2, 0.25) is 5.54 Å². The fourth-order valence-electron chi connectivity index (χ4n) is 1.41. The highest BCUT2D eigenvalue weighted by atomic mass is 16.6. The standard InChI is InChI=1S/C14H21NO4/c1-12(16)8-4-6-10-14(3,15(18)19)11-7-5-9-13(2)17/h4-7H,8-11H2,1-3H3/b6-4+,7-5+. The van der Waals surface area contributed by atoms with Crippen LogP contribution in [-0.2, 0) is 9.59 Å². The zero-order valence-electron chi connectivity index (χ0n) is 11.7. The topological polar surface area (TPSA) is 77.3 Å². The molecule has 0 amide bonds. The van der Waals surface area contributed by atoms with E-state index < -0.39 is 5.54 Å². The van der Waals surface area contributed by atoms with Gasteiger partial charge in [-0.1, -0.05) is 24.3 Å². The molecule has 0 aliphatic rings. The van der Waals surface area contributed by atoms with E-state index in [1.54, 1.807) is 31.2 Å². The van der Waals surface area contributed by atoms with E-state index in [1.165, 1.54) is 13.8 Å². The van der Waals surface area contributed by atoms with Crippen molar-refractivity contribution >= 4 is 11.6 Å². The summed E-state index contributed by atoms with van der Waals surface area (Å²) in [4.78, 5) is 32.3. The van der Waals surface area contributed by atoms with Crippen molar-refractivity contribution < 1.29 is 14.5 Å². The smallest absolute Gasteiger partial charge is 0.226 e. The molecule has 0 spiro atoms. The van der Waals surface area contributed by atoms with Crippen LogP contribution in [0, 0.1) is 10.1 Å². The lowest BCUT2D eigenvalue weighted by molar-refractivity contribution is -0.563. The molecule has 0 N–H and O–H groups in total. The quantitative estimate of drug-likeness (QED) is 0.365. The molecule has 0 saturated heterocycles. The number of ketones is 2. The number of allylic oxidation sites excluding steroid dienone is 2. The highest BCUT2D eigenvalue weighted by molar-refractivity contribution is 5.77. The lowest BCUT2D eigenvalue weighted by Crippen LogP contribution is -2.33. The second-order valence-electron chi connectivity index (χ2n) is 4.92. The lowest BCUT2D eigenvalue weighted by Gasteiger charge is -2.17. The third kappa shape index (κ3) is 8.02. The van der Waals surface area contributed by atoms with Crippen LogP contribution in [0.1, 0.15) is 46.5 Å². The predicted molar refractivity (Wildman–Crippen MR) is 73.5 cm³/mol. The largest absolute Gasteiger partial charge is 0.300 e. The molecule has 0 fully saturated rings. The predicted octanol–water partition coefficient (Wildman–Crippen LogP) is 2.87. The number of hydrogen-bond donors (Lipinski definition) is 0. The maximum Gasteiger partial charge on any atom is 0.226 e. The van der Waals surface area contributed by atoms with Gasteiger partial charge in [0.15, 0.2) is 0 Å². The fraction of sp³-hybridized carbons (Fsp3) is 0.571. The zero-order chi connectivity index (χ0) is 14.9. The first-order valence-electron chi connectivity index (χ1n) is 6.21. The summed E-state index contributed by atoms with van der Waals surface area (Å²) in [6, 6.07) is 0. The van der Waals surface area contributed by atoms with E-state index in [2.05, 4.69) is 0 Å². The van der Waals surface area contributed by atoms with Gasteiger partial charge in [0, 0.05) is 37.5 Å². The Balaban J connectivity index is 4.46. The van der Waals surface area contributed by atoms with Gasteiger partial charge in [-0.2, -0.15) is 0 Å². The van der Waals surface area contributed by atoms with Gasteiger partial charge in [-0.3, -0.25) is 19.7 Å². The molecule has 19 heavy (non-hydrogen) atoms. The van der Waals surface area contributed by atoms with E-state index in [0.717, 1.165) is 0 Å². The van der Waals surface area contributed by atoms with Crippen molar-refractivity contribution in [3.8, 4) is 0 Å². The van der Waals surface area contributed by atoms with Gasteiger partial charge in [0.05, 0.1) is 0 Å². The monoisotopic (exact) mass is 267 g/mol. The molecular weight excluding hydrogens is 246 g/mol. The maximum absolute atomic E-state index is 11.1. The highest BCUT2D eigenvalue weighted by Gasteiger charge is 2.34. The molecule has 0 bridgehead atoms. The molecule has 5 nitrogen and oxygen atoms in total. The van der Waals surface area contributed by atoms with Crippen molar-refractivity contribution in [2.24, 2.45) is 0 Å². The van der Waals surface area contributed by atoms with Gasteiger partial charge in [0.25, 0.3) is 0 Å². The van der Waals surface area contributed by atoms with E-state index in [0.29, 0.717) is 12.8 Å². The van der Waals surface area contributed by atoms with Crippen molar-refractivity contribution in [3.63, 3.8) is 0 Å². The minimum absolute atomic E-state index is 0.0282.